The summed E-state index contributed by atoms with van der Waals surface area (Å²) in [5.41, 5.74) is 3.63. The van der Waals surface area contributed by atoms with Crippen molar-refractivity contribution in [1.29, 1.82) is 0 Å². The fourth-order valence-electron chi connectivity index (χ4n) is 2.71. The van der Waals surface area contributed by atoms with Crippen molar-refractivity contribution < 1.29 is 9.90 Å². The number of thiazole rings is 1. The average Bonchev–Trinajstić information content (AvgIpc) is 2.93. The van der Waals surface area contributed by atoms with Gasteiger partial charge in [-0.3, -0.25) is 4.79 Å². The zero-order valence-electron chi connectivity index (χ0n) is 10.7. The molecule has 1 atom stereocenters. The van der Waals surface area contributed by atoms with Crippen LogP contribution in [-0.4, -0.2) is 16.1 Å². The lowest BCUT2D eigenvalue weighted by Crippen LogP contribution is -1.99. The van der Waals surface area contributed by atoms with Crippen molar-refractivity contribution in [3.63, 3.8) is 0 Å². The highest BCUT2D eigenvalue weighted by Crippen LogP contribution is 2.40. The topological polar surface area (TPSA) is 50.2 Å². The van der Waals surface area contributed by atoms with Gasteiger partial charge in [0, 0.05) is 10.8 Å². The quantitative estimate of drug-likeness (QED) is 0.934. The summed E-state index contributed by atoms with van der Waals surface area (Å²) in [5, 5.41) is 9.97. The second-order valence-electron chi connectivity index (χ2n) is 4.92. The van der Waals surface area contributed by atoms with Gasteiger partial charge < -0.3 is 5.11 Å². The summed E-state index contributed by atoms with van der Waals surface area (Å²) in [5.74, 6) is -0.437. The lowest BCUT2D eigenvalue weighted by molar-refractivity contribution is -0.136. The smallest absolute Gasteiger partial charge is 0.308 e. The normalized spacial score (nSPS) is 17.4. The van der Waals surface area contributed by atoms with E-state index >= 15 is 0 Å². The van der Waals surface area contributed by atoms with Crippen LogP contribution in [0.1, 0.15) is 39.0 Å². The Hall–Kier alpha value is -1.68. The minimum Gasteiger partial charge on any atom is -0.481 e. The van der Waals surface area contributed by atoms with Gasteiger partial charge in [-0.05, 0) is 30.9 Å². The van der Waals surface area contributed by atoms with Gasteiger partial charge in [-0.25, -0.2) is 4.98 Å². The van der Waals surface area contributed by atoms with E-state index < -0.39 is 5.97 Å². The van der Waals surface area contributed by atoms with E-state index in [9.17, 15) is 4.79 Å². The highest BCUT2D eigenvalue weighted by Gasteiger charge is 2.27. The Bertz CT molecular complexity index is 633. The van der Waals surface area contributed by atoms with Crippen molar-refractivity contribution in [3.05, 3.63) is 51.0 Å². The minimum absolute atomic E-state index is 0.0812. The molecule has 0 bridgehead atoms. The van der Waals surface area contributed by atoms with Crippen LogP contribution in [0.5, 0.6) is 0 Å². The van der Waals surface area contributed by atoms with E-state index in [-0.39, 0.29) is 6.42 Å². The number of carboxylic acid groups (broad SMARTS) is 1. The molecule has 4 heteroatoms. The molecule has 1 aliphatic carbocycles. The SMILES string of the molecule is Cc1nc(C2CCc3ccccc32)sc1CC(=O)O. The van der Waals surface area contributed by atoms with Gasteiger partial charge in [-0.15, -0.1) is 11.3 Å². The third-order valence-electron chi connectivity index (χ3n) is 3.65. The molecule has 0 spiro atoms. The number of benzene rings is 1. The fourth-order valence-corrected chi connectivity index (χ4v) is 3.93. The van der Waals surface area contributed by atoms with Crippen LogP contribution in [0.25, 0.3) is 0 Å². The number of nitrogens with zero attached hydrogens (tertiary/aromatic N) is 1. The molecule has 2 aromatic rings. The Kier molecular flexibility index (Phi) is 3.11. The first-order valence-electron chi connectivity index (χ1n) is 6.41. The molecule has 1 aliphatic rings. The van der Waals surface area contributed by atoms with Crippen LogP contribution in [0.15, 0.2) is 24.3 Å². The molecule has 0 amide bonds. The third kappa shape index (κ3) is 2.28. The van der Waals surface area contributed by atoms with Gasteiger partial charge in [-0.2, -0.15) is 0 Å². The molecule has 3 nitrogen and oxygen atoms in total. The Morgan fingerprint density at radius 1 is 1.47 bits per heavy atom. The van der Waals surface area contributed by atoms with Gasteiger partial charge in [0.15, 0.2) is 0 Å². The van der Waals surface area contributed by atoms with E-state index in [4.69, 9.17) is 5.11 Å². The predicted octanol–water partition coefficient (Wildman–Crippen LogP) is 3.16. The van der Waals surface area contributed by atoms with Crippen LogP contribution < -0.4 is 0 Å². The Balaban J connectivity index is 1.94. The first kappa shape index (κ1) is 12.4. The van der Waals surface area contributed by atoms with Crippen molar-refractivity contribution in [2.45, 2.75) is 32.1 Å². The summed E-state index contributed by atoms with van der Waals surface area (Å²) in [4.78, 5) is 16.3. The summed E-state index contributed by atoms with van der Waals surface area (Å²) >= 11 is 1.56. The van der Waals surface area contributed by atoms with Gasteiger partial charge in [0.05, 0.1) is 12.1 Å². The van der Waals surface area contributed by atoms with Crippen LogP contribution >= 0.6 is 11.3 Å². The molecule has 0 saturated carbocycles. The van der Waals surface area contributed by atoms with Gasteiger partial charge in [0.2, 0.25) is 0 Å². The van der Waals surface area contributed by atoms with E-state index in [1.54, 1.807) is 11.3 Å². The van der Waals surface area contributed by atoms with E-state index in [0.29, 0.717) is 5.92 Å². The monoisotopic (exact) mass is 273 g/mol. The Labute approximate surface area is 115 Å². The number of carboxylic acids is 1. The van der Waals surface area contributed by atoms with Crippen molar-refractivity contribution in [1.82, 2.24) is 4.98 Å². The van der Waals surface area contributed by atoms with Crippen molar-refractivity contribution >= 4 is 17.3 Å². The first-order chi connectivity index (χ1) is 9.15. The number of fused-ring (bicyclic) bond motifs is 1. The number of hydrogen-bond acceptors (Lipinski definition) is 3. The number of aryl methyl sites for hydroxylation is 2. The lowest BCUT2D eigenvalue weighted by atomic mass is 10.0. The number of carbonyl (C=O) groups is 1. The molecular weight excluding hydrogens is 258 g/mol. The van der Waals surface area contributed by atoms with Crippen LogP contribution in [0.4, 0.5) is 0 Å². The second-order valence-corrected chi connectivity index (χ2v) is 6.04. The number of aromatic nitrogens is 1. The van der Waals surface area contributed by atoms with Gasteiger partial charge in [0.25, 0.3) is 0 Å². The van der Waals surface area contributed by atoms with Gasteiger partial charge in [0.1, 0.15) is 5.01 Å². The predicted molar refractivity (Wildman–Crippen MR) is 74.8 cm³/mol. The third-order valence-corrected chi connectivity index (χ3v) is 4.92. The molecule has 3 rings (SSSR count). The lowest BCUT2D eigenvalue weighted by Gasteiger charge is -2.07. The van der Waals surface area contributed by atoms with Crippen molar-refractivity contribution in [3.8, 4) is 0 Å². The van der Waals surface area contributed by atoms with Gasteiger partial charge in [-0.1, -0.05) is 24.3 Å². The molecule has 1 aromatic carbocycles. The fraction of sp³-hybridized carbons (Fsp3) is 0.333. The first-order valence-corrected chi connectivity index (χ1v) is 7.22. The summed E-state index contributed by atoms with van der Waals surface area (Å²) < 4.78 is 0. The summed E-state index contributed by atoms with van der Waals surface area (Å²) in [6.07, 6.45) is 2.25. The molecule has 19 heavy (non-hydrogen) atoms. The summed E-state index contributed by atoms with van der Waals surface area (Å²) in [7, 11) is 0. The molecule has 0 fully saturated rings. The van der Waals surface area contributed by atoms with E-state index in [1.807, 2.05) is 6.92 Å². The van der Waals surface area contributed by atoms with Crippen molar-refractivity contribution in [2.75, 3.05) is 0 Å². The summed E-state index contributed by atoms with van der Waals surface area (Å²) in [6, 6.07) is 8.48. The minimum atomic E-state index is -0.787. The van der Waals surface area contributed by atoms with E-state index in [1.165, 1.54) is 11.1 Å². The second kappa shape index (κ2) is 4.78. The summed E-state index contributed by atoms with van der Waals surface area (Å²) in [6.45, 7) is 1.90. The molecule has 0 radical (unpaired) electrons. The molecule has 1 N–H and O–H groups in total. The van der Waals surface area contributed by atoms with Crippen LogP contribution in [-0.2, 0) is 17.6 Å². The standard InChI is InChI=1S/C15H15NO2S/c1-9-13(8-14(17)18)19-15(16-9)12-7-6-10-4-2-3-5-11(10)12/h2-5,12H,6-8H2,1H3,(H,17,18). The molecule has 98 valence electrons. The highest BCUT2D eigenvalue weighted by atomic mass is 32.1. The number of hydrogen-bond donors (Lipinski definition) is 1. The van der Waals surface area contributed by atoms with E-state index in [0.717, 1.165) is 28.4 Å². The number of rotatable bonds is 3. The Morgan fingerprint density at radius 2 is 2.26 bits per heavy atom. The maximum atomic E-state index is 10.8. The average molecular weight is 273 g/mol. The largest absolute Gasteiger partial charge is 0.481 e. The maximum absolute atomic E-state index is 10.8. The molecule has 1 aromatic heterocycles. The molecular formula is C15H15NO2S. The van der Waals surface area contributed by atoms with Crippen molar-refractivity contribution in [2.24, 2.45) is 0 Å². The highest BCUT2D eigenvalue weighted by molar-refractivity contribution is 7.12. The molecule has 1 heterocycles. The molecule has 0 saturated heterocycles. The Morgan fingerprint density at radius 3 is 3.05 bits per heavy atom. The zero-order valence-corrected chi connectivity index (χ0v) is 11.5. The van der Waals surface area contributed by atoms with Gasteiger partial charge >= 0.3 is 5.97 Å². The van der Waals surface area contributed by atoms with Crippen LogP contribution in [0.3, 0.4) is 0 Å². The maximum Gasteiger partial charge on any atom is 0.308 e. The van der Waals surface area contributed by atoms with E-state index in [2.05, 4.69) is 29.2 Å². The number of aliphatic carboxylic acids is 1. The van der Waals surface area contributed by atoms with Crippen LogP contribution in [0.2, 0.25) is 0 Å². The molecule has 0 aliphatic heterocycles. The van der Waals surface area contributed by atoms with Crippen LogP contribution in [0, 0.1) is 6.92 Å². The zero-order chi connectivity index (χ0) is 13.4. The molecule has 1 unspecified atom stereocenters.